The SMILES string of the molecule is CO[C@H]1C[C@H]2C(=O)C[C@H]3[C@H]4O[C@]2(/C(C)=C/[C@@H](C)[C@@H]([C@@H](C)O)OC1=O)[C@@H]3[C@H](O)C[C@H]4OC(=O)c1ccc[nH]1. The maximum Gasteiger partial charge on any atom is 0.355 e. The Kier molecular flexibility index (Phi) is 6.81. The van der Waals surface area contributed by atoms with Gasteiger partial charge in [0.15, 0.2) is 6.10 Å². The second-order valence-corrected chi connectivity index (χ2v) is 10.9. The monoisotopic (exact) mass is 517 g/mol. The van der Waals surface area contributed by atoms with E-state index < -0.39 is 71.9 Å². The highest BCUT2D eigenvalue weighted by atomic mass is 16.6. The van der Waals surface area contributed by atoms with Crippen LogP contribution in [0.2, 0.25) is 0 Å². The number of nitrogens with one attached hydrogen (secondary N) is 1. The number of H-pyrrole nitrogens is 1. The van der Waals surface area contributed by atoms with Gasteiger partial charge in [0.25, 0.3) is 0 Å². The molecule has 202 valence electrons. The first kappa shape index (κ1) is 26.1. The van der Waals surface area contributed by atoms with E-state index in [9.17, 15) is 24.6 Å². The molecular weight excluding hydrogens is 482 g/mol. The summed E-state index contributed by atoms with van der Waals surface area (Å²) in [7, 11) is 1.38. The van der Waals surface area contributed by atoms with Crippen LogP contribution in [-0.4, -0.2) is 82.3 Å². The number of aliphatic hydroxyl groups excluding tert-OH is 2. The van der Waals surface area contributed by atoms with E-state index in [1.165, 1.54) is 7.11 Å². The van der Waals surface area contributed by atoms with Crippen LogP contribution in [0.3, 0.4) is 0 Å². The molecular formula is C27H35NO9. The normalized spacial score (nSPS) is 43.7. The van der Waals surface area contributed by atoms with E-state index in [4.69, 9.17) is 18.9 Å². The van der Waals surface area contributed by atoms with Crippen molar-refractivity contribution in [1.29, 1.82) is 0 Å². The number of ketones is 1. The molecule has 3 N–H and O–H groups in total. The average molecular weight is 518 g/mol. The van der Waals surface area contributed by atoms with Gasteiger partial charge in [-0.3, -0.25) is 4.79 Å². The van der Waals surface area contributed by atoms with Gasteiger partial charge in [-0.2, -0.15) is 0 Å². The molecule has 1 aromatic rings. The Morgan fingerprint density at radius 2 is 2.05 bits per heavy atom. The standard InChI is InChI=1S/C27H35NO9/c1-12-8-13(2)27-16(10-21(34-4)26(33)36-23(12)14(3)29)18(30)9-15-22(27)19(31)11-20(24(15)37-27)35-25(32)17-6-5-7-28-17/h5-8,12,14-16,19-24,28-29,31H,9-11H2,1-4H3/b13-8+/t12-,14-,15-,16+,19-,20-,21+,22+,23+,24-,27+/m1/s1. The van der Waals surface area contributed by atoms with E-state index in [1.807, 2.05) is 19.9 Å². The molecule has 2 aliphatic carbocycles. The Morgan fingerprint density at radius 1 is 1.30 bits per heavy atom. The summed E-state index contributed by atoms with van der Waals surface area (Å²) in [6, 6.07) is 3.30. The fourth-order valence-corrected chi connectivity index (χ4v) is 7.21. The van der Waals surface area contributed by atoms with Gasteiger partial charge >= 0.3 is 11.9 Å². The molecule has 1 spiro atoms. The molecule has 4 aliphatic rings. The highest BCUT2D eigenvalue weighted by molar-refractivity contribution is 5.88. The van der Waals surface area contributed by atoms with Crippen molar-refractivity contribution < 1.29 is 43.5 Å². The minimum absolute atomic E-state index is 0.00977. The van der Waals surface area contributed by atoms with Crippen molar-refractivity contribution in [1.82, 2.24) is 4.98 Å². The number of aromatic amines is 1. The predicted molar refractivity (Wildman–Crippen MR) is 128 cm³/mol. The molecule has 0 unspecified atom stereocenters. The van der Waals surface area contributed by atoms with Gasteiger partial charge < -0.3 is 34.1 Å². The van der Waals surface area contributed by atoms with Gasteiger partial charge in [-0.15, -0.1) is 0 Å². The van der Waals surface area contributed by atoms with E-state index in [0.717, 1.165) is 5.57 Å². The summed E-state index contributed by atoms with van der Waals surface area (Å²) in [5.41, 5.74) is -0.188. The lowest BCUT2D eigenvalue weighted by Crippen LogP contribution is -2.59. The summed E-state index contributed by atoms with van der Waals surface area (Å²) in [4.78, 5) is 42.2. The van der Waals surface area contributed by atoms with Crippen LogP contribution in [0.1, 0.15) is 50.5 Å². The topological polar surface area (TPSA) is 144 Å². The van der Waals surface area contributed by atoms with Crippen molar-refractivity contribution in [2.45, 2.75) is 82.3 Å². The van der Waals surface area contributed by atoms with Crippen molar-refractivity contribution >= 4 is 17.7 Å². The van der Waals surface area contributed by atoms with Crippen LogP contribution < -0.4 is 0 Å². The van der Waals surface area contributed by atoms with Crippen LogP contribution in [0.15, 0.2) is 30.0 Å². The number of hydrogen-bond donors (Lipinski definition) is 3. The van der Waals surface area contributed by atoms with Crippen molar-refractivity contribution in [3.8, 4) is 0 Å². The number of rotatable bonds is 4. The van der Waals surface area contributed by atoms with Crippen molar-refractivity contribution in [3.05, 3.63) is 35.7 Å². The van der Waals surface area contributed by atoms with Gasteiger partial charge in [0.2, 0.25) is 0 Å². The molecule has 5 rings (SSSR count). The van der Waals surface area contributed by atoms with Gasteiger partial charge in [0, 0.05) is 43.9 Å². The Morgan fingerprint density at radius 3 is 2.70 bits per heavy atom. The summed E-state index contributed by atoms with van der Waals surface area (Å²) in [6.07, 6.45) is -1.25. The van der Waals surface area contributed by atoms with E-state index in [0.29, 0.717) is 5.69 Å². The Balaban J connectivity index is 1.57. The second kappa shape index (κ2) is 9.65. The summed E-state index contributed by atoms with van der Waals surface area (Å²) >= 11 is 0. The van der Waals surface area contributed by atoms with Crippen LogP contribution in [0.25, 0.3) is 0 Å². The third kappa shape index (κ3) is 4.14. The molecule has 4 bridgehead atoms. The van der Waals surface area contributed by atoms with Gasteiger partial charge in [-0.1, -0.05) is 13.0 Å². The lowest BCUT2D eigenvalue weighted by Gasteiger charge is -2.49. The van der Waals surface area contributed by atoms with Crippen molar-refractivity contribution in [2.24, 2.45) is 23.7 Å². The number of aromatic nitrogens is 1. The lowest BCUT2D eigenvalue weighted by molar-refractivity contribution is -0.174. The number of carbonyl (C=O) groups excluding carboxylic acids is 3. The average Bonchev–Trinajstić information content (AvgIpc) is 3.43. The zero-order valence-electron chi connectivity index (χ0n) is 21.5. The number of hydrogen-bond acceptors (Lipinski definition) is 9. The molecule has 10 nitrogen and oxygen atoms in total. The highest BCUT2D eigenvalue weighted by Crippen LogP contribution is 2.61. The highest BCUT2D eigenvalue weighted by Gasteiger charge is 2.70. The van der Waals surface area contributed by atoms with Crippen LogP contribution in [0, 0.1) is 23.7 Å². The lowest BCUT2D eigenvalue weighted by atomic mass is 9.56. The summed E-state index contributed by atoms with van der Waals surface area (Å²) in [5.74, 6) is -3.26. The minimum Gasteiger partial charge on any atom is -0.457 e. The molecule has 1 saturated heterocycles. The van der Waals surface area contributed by atoms with Crippen LogP contribution >= 0.6 is 0 Å². The first-order chi connectivity index (χ1) is 17.6. The zero-order chi connectivity index (χ0) is 26.6. The largest absolute Gasteiger partial charge is 0.457 e. The third-order valence-electron chi connectivity index (χ3n) is 8.76. The molecule has 0 aromatic carbocycles. The number of esters is 2. The number of carbonyl (C=O) groups is 3. The van der Waals surface area contributed by atoms with E-state index in [1.54, 1.807) is 25.3 Å². The van der Waals surface area contributed by atoms with E-state index in [-0.39, 0.29) is 31.0 Å². The van der Waals surface area contributed by atoms with Gasteiger partial charge in [0.05, 0.1) is 24.2 Å². The van der Waals surface area contributed by atoms with Gasteiger partial charge in [-0.05, 0) is 38.0 Å². The molecule has 3 fully saturated rings. The number of methoxy groups -OCH3 is 1. The smallest absolute Gasteiger partial charge is 0.355 e. The fourth-order valence-electron chi connectivity index (χ4n) is 7.21. The number of ether oxygens (including phenoxy) is 4. The minimum atomic E-state index is -1.20. The zero-order valence-corrected chi connectivity index (χ0v) is 21.5. The predicted octanol–water partition coefficient (Wildman–Crippen LogP) is 1.56. The van der Waals surface area contributed by atoms with E-state index >= 15 is 0 Å². The van der Waals surface area contributed by atoms with Crippen LogP contribution in [-0.2, 0) is 28.5 Å². The van der Waals surface area contributed by atoms with Crippen LogP contribution in [0.5, 0.6) is 0 Å². The number of aliphatic hydroxyl groups is 2. The Hall–Kier alpha value is -2.53. The molecule has 0 radical (unpaired) electrons. The maximum absolute atomic E-state index is 13.6. The summed E-state index contributed by atoms with van der Waals surface area (Å²) in [5, 5.41) is 21.8. The summed E-state index contributed by atoms with van der Waals surface area (Å²) < 4.78 is 23.7. The van der Waals surface area contributed by atoms with Crippen molar-refractivity contribution in [3.63, 3.8) is 0 Å². The van der Waals surface area contributed by atoms with Crippen molar-refractivity contribution in [2.75, 3.05) is 7.11 Å². The first-order valence-electron chi connectivity index (χ1n) is 12.9. The van der Waals surface area contributed by atoms with Gasteiger partial charge in [-0.25, -0.2) is 9.59 Å². The Bertz CT molecular complexity index is 1080. The quantitative estimate of drug-likeness (QED) is 0.400. The fraction of sp³-hybridized carbons (Fsp3) is 0.667. The molecule has 2 saturated carbocycles. The summed E-state index contributed by atoms with van der Waals surface area (Å²) in [6.45, 7) is 5.24. The molecule has 3 heterocycles. The number of cyclic esters (lactones) is 1. The van der Waals surface area contributed by atoms with E-state index in [2.05, 4.69) is 4.98 Å². The molecule has 0 amide bonds. The van der Waals surface area contributed by atoms with Crippen LogP contribution in [0.4, 0.5) is 0 Å². The Labute approximate surface area is 215 Å². The van der Waals surface area contributed by atoms with Gasteiger partial charge in [0.1, 0.15) is 29.3 Å². The molecule has 37 heavy (non-hydrogen) atoms. The maximum atomic E-state index is 13.6. The second-order valence-electron chi connectivity index (χ2n) is 10.9. The molecule has 10 heteroatoms. The molecule has 11 atom stereocenters. The first-order valence-corrected chi connectivity index (χ1v) is 12.9. The molecule has 2 aliphatic heterocycles. The third-order valence-corrected chi connectivity index (χ3v) is 8.76. The number of Topliss-reactive ketones (excluding diaryl/α,β-unsaturated/α-hetero) is 1. The molecule has 1 aromatic heterocycles.